The molecule has 1 aliphatic rings. The van der Waals surface area contributed by atoms with Crippen LogP contribution in [-0.2, 0) is 10.0 Å². The van der Waals surface area contributed by atoms with Gasteiger partial charge < -0.3 is 5.32 Å². The van der Waals surface area contributed by atoms with Crippen LogP contribution in [0, 0.1) is 0 Å². The second-order valence-corrected chi connectivity index (χ2v) is 8.96. The zero-order chi connectivity index (χ0) is 18.0. The molecule has 1 fully saturated rings. The highest BCUT2D eigenvalue weighted by atomic mass is 79.9. The van der Waals surface area contributed by atoms with Crippen molar-refractivity contribution in [3.8, 4) is 0 Å². The largest absolute Gasteiger partial charge is 0.378 e. The summed E-state index contributed by atoms with van der Waals surface area (Å²) in [7, 11) is -3.57. The summed E-state index contributed by atoms with van der Waals surface area (Å²) in [6.45, 7) is 0.749. The molecule has 0 amide bonds. The maximum atomic E-state index is 12.8. The van der Waals surface area contributed by atoms with Gasteiger partial charge in [-0.05, 0) is 37.1 Å². The summed E-state index contributed by atoms with van der Waals surface area (Å²) in [6, 6.07) is 6.41. The van der Waals surface area contributed by atoms with E-state index in [-0.39, 0.29) is 16.0 Å². The summed E-state index contributed by atoms with van der Waals surface area (Å²) in [5.74, 6) is 0. The number of aromatic amines is 1. The predicted molar refractivity (Wildman–Crippen MR) is 99.4 cm³/mol. The minimum absolute atomic E-state index is 0.0166. The van der Waals surface area contributed by atoms with Gasteiger partial charge in [-0.3, -0.25) is 4.79 Å². The smallest absolute Gasteiger partial charge is 0.285 e. The summed E-state index contributed by atoms with van der Waals surface area (Å²) in [5.41, 5.74) is -0.0832. The number of rotatable bonds is 4. The molecule has 2 heterocycles. The van der Waals surface area contributed by atoms with Gasteiger partial charge in [-0.25, -0.2) is 13.5 Å². The van der Waals surface area contributed by atoms with Crippen LogP contribution >= 0.6 is 27.5 Å². The molecule has 1 saturated heterocycles. The maximum absolute atomic E-state index is 12.8. The highest BCUT2D eigenvalue weighted by molar-refractivity contribution is 9.10. The van der Waals surface area contributed by atoms with Gasteiger partial charge in [0.1, 0.15) is 5.02 Å². The minimum Gasteiger partial charge on any atom is -0.378 e. The minimum atomic E-state index is -3.57. The Hall–Kier alpha value is -1.42. The van der Waals surface area contributed by atoms with E-state index in [9.17, 15) is 13.2 Å². The Morgan fingerprint density at radius 1 is 1.32 bits per heavy atom. The third-order valence-corrected chi connectivity index (χ3v) is 6.77. The molecule has 3 rings (SSSR count). The Morgan fingerprint density at radius 3 is 2.76 bits per heavy atom. The van der Waals surface area contributed by atoms with Gasteiger partial charge in [0.05, 0.1) is 16.8 Å². The van der Waals surface area contributed by atoms with Crippen molar-refractivity contribution in [2.75, 3.05) is 18.4 Å². The average molecular weight is 448 g/mol. The Labute approximate surface area is 158 Å². The van der Waals surface area contributed by atoms with Gasteiger partial charge in [-0.15, -0.1) is 0 Å². The highest BCUT2D eigenvalue weighted by Crippen LogP contribution is 2.25. The lowest BCUT2D eigenvalue weighted by Crippen LogP contribution is -2.45. The van der Waals surface area contributed by atoms with Crippen LogP contribution in [-0.4, -0.2) is 42.1 Å². The number of hydrogen-bond acceptors (Lipinski definition) is 5. The number of benzene rings is 1. The summed E-state index contributed by atoms with van der Waals surface area (Å²) >= 11 is 9.27. The van der Waals surface area contributed by atoms with Crippen LogP contribution in [0.3, 0.4) is 0 Å². The van der Waals surface area contributed by atoms with Gasteiger partial charge in [-0.2, -0.15) is 9.40 Å². The van der Waals surface area contributed by atoms with Crippen molar-refractivity contribution in [3.05, 3.63) is 50.3 Å². The molecular weight excluding hydrogens is 432 g/mol. The molecule has 10 heteroatoms. The van der Waals surface area contributed by atoms with E-state index in [1.165, 1.54) is 10.5 Å². The van der Waals surface area contributed by atoms with Gasteiger partial charge >= 0.3 is 0 Å². The fourth-order valence-corrected chi connectivity index (χ4v) is 4.67. The third kappa shape index (κ3) is 4.05. The highest BCUT2D eigenvalue weighted by Gasteiger charge is 2.30. The van der Waals surface area contributed by atoms with Gasteiger partial charge in [0, 0.05) is 23.6 Å². The van der Waals surface area contributed by atoms with Crippen LogP contribution in [0.1, 0.15) is 12.8 Å². The number of anilines is 1. The van der Waals surface area contributed by atoms with Crippen molar-refractivity contribution in [2.24, 2.45) is 0 Å². The van der Waals surface area contributed by atoms with Crippen molar-refractivity contribution < 1.29 is 8.42 Å². The van der Waals surface area contributed by atoms with Crippen LogP contribution in [0.2, 0.25) is 5.02 Å². The monoisotopic (exact) mass is 446 g/mol. The maximum Gasteiger partial charge on any atom is 0.285 e. The fourth-order valence-electron chi connectivity index (χ4n) is 2.74. The molecule has 0 aliphatic carbocycles. The van der Waals surface area contributed by atoms with E-state index in [1.807, 2.05) is 0 Å². The number of hydrogen-bond donors (Lipinski definition) is 2. The van der Waals surface area contributed by atoms with Crippen molar-refractivity contribution in [2.45, 2.75) is 23.8 Å². The van der Waals surface area contributed by atoms with E-state index in [1.54, 1.807) is 24.3 Å². The molecular formula is C15H16BrClN4O3S. The van der Waals surface area contributed by atoms with Crippen LogP contribution in [0.5, 0.6) is 0 Å². The lowest BCUT2D eigenvalue weighted by Gasteiger charge is -2.32. The molecule has 1 atom stereocenters. The predicted octanol–water partition coefficient (Wildman–Crippen LogP) is 2.45. The fraction of sp³-hybridized carbons (Fsp3) is 0.333. The van der Waals surface area contributed by atoms with E-state index in [2.05, 4.69) is 31.4 Å². The Kier molecular flexibility index (Phi) is 5.47. The molecule has 134 valence electrons. The Bertz CT molecular complexity index is 917. The van der Waals surface area contributed by atoms with E-state index in [0.717, 1.165) is 10.9 Å². The number of piperidine rings is 1. The van der Waals surface area contributed by atoms with Gasteiger partial charge in [-0.1, -0.05) is 27.5 Å². The Balaban J connectivity index is 1.77. The number of aromatic nitrogens is 2. The molecule has 1 unspecified atom stereocenters. The first-order valence-corrected chi connectivity index (χ1v) is 10.2. The first-order valence-electron chi connectivity index (χ1n) is 7.63. The SMILES string of the molecule is O=c1[nH]ncc(NC2CCCN(S(=O)(=O)c3ccc(Br)cc3)C2)c1Cl. The summed E-state index contributed by atoms with van der Waals surface area (Å²) in [6.07, 6.45) is 2.91. The number of nitrogens with one attached hydrogen (secondary N) is 2. The molecule has 2 N–H and O–H groups in total. The first kappa shape index (κ1) is 18.4. The topological polar surface area (TPSA) is 95.2 Å². The molecule has 7 nitrogen and oxygen atoms in total. The van der Waals surface area contributed by atoms with Crippen LogP contribution in [0.15, 0.2) is 44.6 Å². The second kappa shape index (κ2) is 7.45. The molecule has 0 saturated carbocycles. The quantitative estimate of drug-likeness (QED) is 0.751. The van der Waals surface area contributed by atoms with Crippen LogP contribution in [0.25, 0.3) is 0 Å². The number of sulfonamides is 1. The van der Waals surface area contributed by atoms with Crippen molar-refractivity contribution in [1.82, 2.24) is 14.5 Å². The van der Waals surface area contributed by atoms with Gasteiger partial charge in [0.2, 0.25) is 10.0 Å². The Morgan fingerprint density at radius 2 is 2.04 bits per heavy atom. The van der Waals surface area contributed by atoms with Crippen molar-refractivity contribution in [1.29, 1.82) is 0 Å². The van der Waals surface area contributed by atoms with Crippen molar-refractivity contribution in [3.63, 3.8) is 0 Å². The number of nitrogens with zero attached hydrogens (tertiary/aromatic N) is 2. The molecule has 0 radical (unpaired) electrons. The van der Waals surface area contributed by atoms with E-state index in [0.29, 0.717) is 25.2 Å². The van der Waals surface area contributed by atoms with Crippen molar-refractivity contribution >= 4 is 43.2 Å². The van der Waals surface area contributed by atoms with Gasteiger partial charge in [0.15, 0.2) is 0 Å². The zero-order valence-corrected chi connectivity index (χ0v) is 16.2. The van der Waals surface area contributed by atoms with E-state index < -0.39 is 15.6 Å². The molecule has 0 bridgehead atoms. The standard InChI is InChI=1S/C15H16BrClN4O3S/c16-10-3-5-12(6-4-10)25(23,24)21-7-1-2-11(9-21)19-13-8-18-20-15(22)14(13)17/h3-6,8,11H,1-2,7,9H2,(H2,19,20,22). The summed E-state index contributed by atoms with van der Waals surface area (Å²) < 4.78 is 27.9. The molecule has 1 aromatic carbocycles. The lowest BCUT2D eigenvalue weighted by molar-refractivity contribution is 0.327. The number of H-pyrrole nitrogens is 1. The molecule has 25 heavy (non-hydrogen) atoms. The summed E-state index contributed by atoms with van der Waals surface area (Å²) in [5, 5.41) is 9.10. The van der Waals surface area contributed by atoms with Crippen LogP contribution in [0.4, 0.5) is 5.69 Å². The normalized spacial score (nSPS) is 18.9. The zero-order valence-electron chi connectivity index (χ0n) is 13.1. The van der Waals surface area contributed by atoms with Gasteiger partial charge in [0.25, 0.3) is 5.56 Å². The second-order valence-electron chi connectivity index (χ2n) is 5.73. The first-order chi connectivity index (χ1) is 11.9. The average Bonchev–Trinajstić information content (AvgIpc) is 2.60. The molecule has 2 aromatic rings. The molecule has 0 spiro atoms. The third-order valence-electron chi connectivity index (χ3n) is 3.99. The van der Waals surface area contributed by atoms with E-state index in [4.69, 9.17) is 11.6 Å². The number of halogens is 2. The van der Waals surface area contributed by atoms with Crippen LogP contribution < -0.4 is 10.9 Å². The molecule has 1 aromatic heterocycles. The molecule has 1 aliphatic heterocycles. The lowest BCUT2D eigenvalue weighted by atomic mass is 10.1. The van der Waals surface area contributed by atoms with E-state index >= 15 is 0 Å². The summed E-state index contributed by atoms with van der Waals surface area (Å²) in [4.78, 5) is 11.8.